The van der Waals surface area contributed by atoms with E-state index in [1.807, 2.05) is 6.92 Å². The molecule has 2 rings (SSSR count). The second-order valence-electron chi connectivity index (χ2n) is 5.78. The highest BCUT2D eigenvalue weighted by molar-refractivity contribution is 7.89. The molecule has 0 spiro atoms. The van der Waals surface area contributed by atoms with Gasteiger partial charge in [0.2, 0.25) is 15.9 Å². The summed E-state index contributed by atoms with van der Waals surface area (Å²) in [7, 11) is -1.72. The molecule has 26 heavy (non-hydrogen) atoms. The summed E-state index contributed by atoms with van der Waals surface area (Å²) in [6.07, 6.45) is 3.03. The summed E-state index contributed by atoms with van der Waals surface area (Å²) >= 11 is 0. The monoisotopic (exact) mass is 376 g/mol. The lowest BCUT2D eigenvalue weighted by atomic mass is 10.2. The Morgan fingerprint density at radius 2 is 1.85 bits per heavy atom. The van der Waals surface area contributed by atoms with Gasteiger partial charge in [0.15, 0.2) is 0 Å². The first-order chi connectivity index (χ1) is 12.3. The number of anilines is 1. The van der Waals surface area contributed by atoms with Gasteiger partial charge in [-0.3, -0.25) is 9.48 Å². The molecule has 1 heterocycles. The number of hydrogen-bond donors (Lipinski definition) is 1. The summed E-state index contributed by atoms with van der Waals surface area (Å²) in [4.78, 5) is 12.2. The molecule has 0 bridgehead atoms. The fraction of sp³-hybridized carbons (Fsp3) is 0.333. The Bertz CT molecular complexity index is 895. The van der Waals surface area contributed by atoms with Gasteiger partial charge in [0, 0.05) is 32.3 Å². The second-order valence-corrected chi connectivity index (χ2v) is 7.71. The van der Waals surface area contributed by atoms with Gasteiger partial charge in [-0.1, -0.05) is 26.0 Å². The van der Waals surface area contributed by atoms with Crippen LogP contribution in [0, 0.1) is 6.92 Å². The molecular formula is C18H24N4O3S. The zero-order valence-electron chi connectivity index (χ0n) is 15.4. The Labute approximate surface area is 154 Å². The SMILES string of the molecule is CCN(CC)S(=O)(=O)c1ccc(/C=C/C(=O)Nc2cc(C)nn2C)cc1. The number of rotatable bonds is 7. The van der Waals surface area contributed by atoms with Crippen molar-refractivity contribution in [3.8, 4) is 0 Å². The summed E-state index contributed by atoms with van der Waals surface area (Å²) in [5.41, 5.74) is 1.55. The van der Waals surface area contributed by atoms with Crippen LogP contribution in [0.1, 0.15) is 25.1 Å². The van der Waals surface area contributed by atoms with Crippen LogP contribution >= 0.6 is 0 Å². The fourth-order valence-electron chi connectivity index (χ4n) is 2.53. The van der Waals surface area contributed by atoms with E-state index >= 15 is 0 Å². The van der Waals surface area contributed by atoms with E-state index < -0.39 is 10.0 Å². The highest BCUT2D eigenvalue weighted by atomic mass is 32.2. The largest absolute Gasteiger partial charge is 0.307 e. The first-order valence-corrected chi connectivity index (χ1v) is 9.81. The third kappa shape index (κ3) is 4.59. The zero-order valence-corrected chi connectivity index (χ0v) is 16.2. The summed E-state index contributed by atoms with van der Waals surface area (Å²) in [5.74, 6) is 0.325. The molecule has 0 saturated carbocycles. The normalized spacial score (nSPS) is 12.0. The Kier molecular flexibility index (Phi) is 6.33. The minimum Gasteiger partial charge on any atom is -0.307 e. The first kappa shape index (κ1) is 19.9. The van der Waals surface area contributed by atoms with Crippen LogP contribution in [0.25, 0.3) is 6.08 Å². The van der Waals surface area contributed by atoms with Crippen LogP contribution in [0.15, 0.2) is 41.3 Å². The lowest BCUT2D eigenvalue weighted by molar-refractivity contribution is -0.111. The van der Waals surface area contributed by atoms with Gasteiger partial charge in [-0.15, -0.1) is 0 Å². The number of nitrogens with zero attached hydrogens (tertiary/aromatic N) is 3. The van der Waals surface area contributed by atoms with E-state index in [9.17, 15) is 13.2 Å². The molecule has 8 heteroatoms. The third-order valence-corrected chi connectivity index (χ3v) is 5.97. The van der Waals surface area contributed by atoms with E-state index in [4.69, 9.17) is 0 Å². The van der Waals surface area contributed by atoms with Crippen LogP contribution in [0.3, 0.4) is 0 Å². The number of amides is 1. The predicted octanol–water partition coefficient (Wildman–Crippen LogP) is 2.41. The number of aryl methyl sites for hydroxylation is 2. The molecule has 0 radical (unpaired) electrons. The number of nitrogens with one attached hydrogen (secondary N) is 1. The average molecular weight is 376 g/mol. The van der Waals surface area contributed by atoms with Gasteiger partial charge in [-0.05, 0) is 30.7 Å². The third-order valence-electron chi connectivity index (χ3n) is 3.90. The minimum atomic E-state index is -3.47. The molecular weight excluding hydrogens is 352 g/mol. The number of aromatic nitrogens is 2. The van der Waals surface area contributed by atoms with Crippen molar-refractivity contribution < 1.29 is 13.2 Å². The van der Waals surface area contributed by atoms with Crippen LogP contribution in [-0.2, 0) is 21.9 Å². The van der Waals surface area contributed by atoms with Crippen molar-refractivity contribution in [2.75, 3.05) is 18.4 Å². The molecule has 1 aromatic carbocycles. The van der Waals surface area contributed by atoms with Crippen LogP contribution in [0.4, 0.5) is 5.82 Å². The molecule has 1 amide bonds. The number of carbonyl (C=O) groups excluding carboxylic acids is 1. The van der Waals surface area contributed by atoms with Crippen molar-refractivity contribution in [3.05, 3.63) is 47.7 Å². The Morgan fingerprint density at radius 1 is 1.23 bits per heavy atom. The van der Waals surface area contributed by atoms with Gasteiger partial charge < -0.3 is 5.32 Å². The molecule has 0 unspecified atom stereocenters. The number of hydrogen-bond acceptors (Lipinski definition) is 4. The molecule has 140 valence electrons. The van der Waals surface area contributed by atoms with Crippen LogP contribution < -0.4 is 5.32 Å². The maximum atomic E-state index is 12.4. The van der Waals surface area contributed by atoms with Gasteiger partial charge in [-0.2, -0.15) is 9.40 Å². The zero-order chi connectivity index (χ0) is 19.3. The van der Waals surface area contributed by atoms with E-state index in [1.54, 1.807) is 62.0 Å². The highest BCUT2D eigenvalue weighted by Gasteiger charge is 2.20. The first-order valence-electron chi connectivity index (χ1n) is 8.37. The number of sulfonamides is 1. The van der Waals surface area contributed by atoms with Crippen molar-refractivity contribution in [2.45, 2.75) is 25.7 Å². The quantitative estimate of drug-likeness (QED) is 0.752. The maximum absolute atomic E-state index is 12.4. The van der Waals surface area contributed by atoms with Crippen molar-refractivity contribution >= 4 is 27.8 Å². The molecule has 1 aromatic heterocycles. The van der Waals surface area contributed by atoms with E-state index in [1.165, 1.54) is 10.4 Å². The lowest BCUT2D eigenvalue weighted by Crippen LogP contribution is -2.30. The molecule has 0 aliphatic carbocycles. The van der Waals surface area contributed by atoms with Gasteiger partial charge in [0.05, 0.1) is 10.6 Å². The highest BCUT2D eigenvalue weighted by Crippen LogP contribution is 2.17. The summed E-state index contributed by atoms with van der Waals surface area (Å²) < 4.78 is 27.9. The Morgan fingerprint density at radius 3 is 2.35 bits per heavy atom. The summed E-state index contributed by atoms with van der Waals surface area (Å²) in [6.45, 7) is 6.31. The van der Waals surface area contributed by atoms with Gasteiger partial charge in [0.25, 0.3) is 0 Å². The van der Waals surface area contributed by atoms with E-state index in [-0.39, 0.29) is 10.8 Å². The maximum Gasteiger partial charge on any atom is 0.249 e. The molecule has 0 atom stereocenters. The summed E-state index contributed by atoms with van der Waals surface area (Å²) in [5, 5.41) is 6.90. The smallest absolute Gasteiger partial charge is 0.249 e. The Balaban J connectivity index is 2.08. The van der Waals surface area contributed by atoms with Gasteiger partial charge >= 0.3 is 0 Å². The summed E-state index contributed by atoms with van der Waals surface area (Å²) in [6, 6.07) is 8.23. The molecule has 0 fully saturated rings. The van der Waals surface area contributed by atoms with Crippen LogP contribution in [0.2, 0.25) is 0 Å². The van der Waals surface area contributed by atoms with E-state index in [0.29, 0.717) is 18.9 Å². The minimum absolute atomic E-state index is 0.244. The average Bonchev–Trinajstić information content (AvgIpc) is 2.91. The standard InChI is InChI=1S/C18H24N4O3S/c1-5-22(6-2)26(24,25)16-10-7-15(8-11-16)9-12-18(23)19-17-13-14(3)20-21(17)4/h7-13H,5-6H2,1-4H3,(H,19,23)/b12-9+. The van der Waals surface area contributed by atoms with Crippen molar-refractivity contribution in [1.29, 1.82) is 0 Å². The molecule has 7 nitrogen and oxygen atoms in total. The van der Waals surface area contributed by atoms with Gasteiger partial charge in [-0.25, -0.2) is 8.42 Å². The fourth-order valence-corrected chi connectivity index (χ4v) is 3.99. The topological polar surface area (TPSA) is 84.3 Å². The molecule has 0 aliphatic rings. The van der Waals surface area contributed by atoms with E-state index in [0.717, 1.165) is 11.3 Å². The van der Waals surface area contributed by atoms with E-state index in [2.05, 4.69) is 10.4 Å². The molecule has 1 N–H and O–H groups in total. The van der Waals surface area contributed by atoms with Crippen LogP contribution in [-0.4, -0.2) is 41.5 Å². The lowest BCUT2D eigenvalue weighted by Gasteiger charge is -2.18. The van der Waals surface area contributed by atoms with Gasteiger partial charge in [0.1, 0.15) is 5.82 Å². The number of carbonyl (C=O) groups is 1. The second kappa shape index (κ2) is 8.29. The Hall–Kier alpha value is -2.45. The molecule has 0 aliphatic heterocycles. The van der Waals surface area contributed by atoms with Crippen molar-refractivity contribution in [1.82, 2.24) is 14.1 Å². The molecule has 0 saturated heterocycles. The molecule has 2 aromatic rings. The number of benzene rings is 1. The van der Waals surface area contributed by atoms with Crippen LogP contribution in [0.5, 0.6) is 0 Å². The van der Waals surface area contributed by atoms with Crippen molar-refractivity contribution in [3.63, 3.8) is 0 Å². The van der Waals surface area contributed by atoms with Crippen molar-refractivity contribution in [2.24, 2.45) is 7.05 Å². The predicted molar refractivity (Wildman–Crippen MR) is 102 cm³/mol.